The number of fused-ring (bicyclic) bond motifs is 1. The highest BCUT2D eigenvalue weighted by Gasteiger charge is 2.20. The Balaban J connectivity index is 1.63. The van der Waals surface area contributed by atoms with Gasteiger partial charge < -0.3 is 14.8 Å². The number of carbonyl (C=O) groups excluding carboxylic acids is 2. The molecule has 0 aliphatic heterocycles. The third-order valence-corrected chi connectivity index (χ3v) is 5.19. The molecule has 1 amide bonds. The smallest absolute Gasteiger partial charge is 0.338 e. The fraction of sp³-hybridized carbons (Fsp3) is 0.364. The number of nitro groups is 1. The number of benzene rings is 2. The summed E-state index contributed by atoms with van der Waals surface area (Å²) in [6.07, 6.45) is 4.54. The largest absolute Gasteiger partial charge is 0.477 e. The van der Waals surface area contributed by atoms with Gasteiger partial charge in [-0.05, 0) is 61.4 Å². The van der Waals surface area contributed by atoms with Crippen LogP contribution in [0.5, 0.6) is 5.75 Å². The molecule has 0 unspecified atom stereocenters. The van der Waals surface area contributed by atoms with Gasteiger partial charge in [0.1, 0.15) is 0 Å². The average molecular weight is 412 g/mol. The number of nitrogens with zero attached hydrogens (tertiary/aromatic N) is 1. The molecular weight excluding hydrogens is 388 g/mol. The molecule has 0 aromatic heterocycles. The molecule has 30 heavy (non-hydrogen) atoms. The van der Waals surface area contributed by atoms with Crippen LogP contribution in [-0.4, -0.2) is 30.5 Å². The number of hydrogen-bond acceptors (Lipinski definition) is 6. The highest BCUT2D eigenvalue weighted by molar-refractivity contribution is 5.90. The van der Waals surface area contributed by atoms with Crippen molar-refractivity contribution in [3.8, 4) is 5.75 Å². The van der Waals surface area contributed by atoms with Crippen LogP contribution < -0.4 is 10.1 Å². The number of rotatable bonds is 7. The maximum absolute atomic E-state index is 12.3. The van der Waals surface area contributed by atoms with E-state index in [0.29, 0.717) is 0 Å². The molecule has 0 bridgehead atoms. The first kappa shape index (κ1) is 21.3. The van der Waals surface area contributed by atoms with Gasteiger partial charge in [0, 0.05) is 6.07 Å². The standard InChI is InChI=1S/C22H24N2O6/c1-14(16-8-7-15-5-3-4-6-17(15)11-16)23-21(25)13-30-20-10-9-18(22(26)29-2)12-19(20)24(27)28/h7-12,14H,3-6,13H2,1-2H3,(H,23,25)/t14-/m1/s1. The van der Waals surface area contributed by atoms with Crippen LogP contribution in [0.15, 0.2) is 36.4 Å². The number of nitro benzene ring substituents is 1. The van der Waals surface area contributed by atoms with Gasteiger partial charge in [0.2, 0.25) is 0 Å². The minimum atomic E-state index is -0.693. The maximum atomic E-state index is 12.3. The van der Waals surface area contributed by atoms with E-state index < -0.39 is 22.5 Å². The number of carbonyl (C=O) groups is 2. The SMILES string of the molecule is COC(=O)c1ccc(OCC(=O)N[C@H](C)c2ccc3c(c2)CCCC3)c([N+](=O)[O-])c1. The highest BCUT2D eigenvalue weighted by Crippen LogP contribution is 2.28. The predicted octanol–water partition coefficient (Wildman–Crippen LogP) is 3.52. The minimum Gasteiger partial charge on any atom is -0.477 e. The number of amides is 1. The average Bonchev–Trinajstić information content (AvgIpc) is 2.76. The Bertz CT molecular complexity index is 972. The first-order valence-corrected chi connectivity index (χ1v) is 9.79. The predicted molar refractivity (Wildman–Crippen MR) is 110 cm³/mol. The van der Waals surface area contributed by atoms with Gasteiger partial charge in [-0.25, -0.2) is 4.79 Å². The zero-order chi connectivity index (χ0) is 21.7. The van der Waals surface area contributed by atoms with Gasteiger partial charge in [-0.3, -0.25) is 14.9 Å². The van der Waals surface area contributed by atoms with Gasteiger partial charge in [-0.2, -0.15) is 0 Å². The highest BCUT2D eigenvalue weighted by atomic mass is 16.6. The molecule has 1 N–H and O–H groups in total. The van der Waals surface area contributed by atoms with E-state index >= 15 is 0 Å². The van der Waals surface area contributed by atoms with Gasteiger partial charge >= 0.3 is 11.7 Å². The van der Waals surface area contributed by atoms with Crippen molar-refractivity contribution in [3.05, 3.63) is 68.8 Å². The molecular formula is C22H24N2O6. The summed E-state index contributed by atoms with van der Waals surface area (Å²) >= 11 is 0. The summed E-state index contributed by atoms with van der Waals surface area (Å²) in [4.78, 5) is 34.5. The van der Waals surface area contributed by atoms with Gasteiger partial charge in [0.15, 0.2) is 12.4 Å². The van der Waals surface area contributed by atoms with Crippen molar-refractivity contribution in [1.82, 2.24) is 5.32 Å². The first-order chi connectivity index (χ1) is 14.4. The molecule has 0 saturated heterocycles. The lowest BCUT2D eigenvalue weighted by atomic mass is 9.89. The molecule has 2 aromatic carbocycles. The van der Waals surface area contributed by atoms with Gasteiger partial charge in [-0.15, -0.1) is 0 Å². The van der Waals surface area contributed by atoms with E-state index in [9.17, 15) is 19.7 Å². The molecule has 0 heterocycles. The Morgan fingerprint density at radius 2 is 1.87 bits per heavy atom. The van der Waals surface area contributed by atoms with Crippen molar-refractivity contribution in [2.75, 3.05) is 13.7 Å². The lowest BCUT2D eigenvalue weighted by Crippen LogP contribution is -2.31. The van der Waals surface area contributed by atoms with Gasteiger partial charge in [0.25, 0.3) is 5.91 Å². The van der Waals surface area contributed by atoms with Crippen molar-refractivity contribution in [2.24, 2.45) is 0 Å². The number of nitrogens with one attached hydrogen (secondary N) is 1. The molecule has 0 saturated carbocycles. The van der Waals surface area contributed by atoms with Crippen molar-refractivity contribution in [2.45, 2.75) is 38.6 Å². The summed E-state index contributed by atoms with van der Waals surface area (Å²) in [5, 5.41) is 14.1. The van der Waals surface area contributed by atoms with Crippen molar-refractivity contribution in [1.29, 1.82) is 0 Å². The molecule has 1 aliphatic carbocycles. The van der Waals surface area contributed by atoms with Crippen LogP contribution in [0.4, 0.5) is 5.69 Å². The molecule has 1 aliphatic rings. The second kappa shape index (κ2) is 9.39. The van der Waals surface area contributed by atoms with Gasteiger partial charge in [-0.1, -0.05) is 18.2 Å². The molecule has 0 spiro atoms. The van der Waals surface area contributed by atoms with Crippen molar-refractivity contribution in [3.63, 3.8) is 0 Å². The third-order valence-electron chi connectivity index (χ3n) is 5.19. The zero-order valence-electron chi connectivity index (χ0n) is 17.0. The number of ether oxygens (including phenoxy) is 2. The monoisotopic (exact) mass is 412 g/mol. The number of esters is 1. The summed E-state index contributed by atoms with van der Waals surface area (Å²) < 4.78 is 9.91. The molecule has 0 radical (unpaired) electrons. The molecule has 158 valence electrons. The Hall–Kier alpha value is -3.42. The molecule has 1 atom stereocenters. The normalized spacial score (nSPS) is 13.7. The second-order valence-corrected chi connectivity index (χ2v) is 7.24. The first-order valence-electron chi connectivity index (χ1n) is 9.79. The summed E-state index contributed by atoms with van der Waals surface area (Å²) in [5.41, 5.74) is 3.33. The third kappa shape index (κ3) is 4.94. The number of methoxy groups -OCH3 is 1. The fourth-order valence-corrected chi connectivity index (χ4v) is 3.56. The summed E-state index contributed by atoms with van der Waals surface area (Å²) in [6, 6.07) is 9.75. The van der Waals surface area contributed by atoms with Crippen LogP contribution >= 0.6 is 0 Å². The maximum Gasteiger partial charge on any atom is 0.338 e. The van der Waals surface area contributed by atoms with E-state index in [1.807, 2.05) is 13.0 Å². The van der Waals surface area contributed by atoms with Crippen LogP contribution in [0.1, 0.15) is 52.9 Å². The lowest BCUT2D eigenvalue weighted by Gasteiger charge is -2.20. The summed E-state index contributed by atoms with van der Waals surface area (Å²) in [6.45, 7) is 1.50. The Morgan fingerprint density at radius 3 is 2.57 bits per heavy atom. The van der Waals surface area contributed by atoms with Crippen molar-refractivity contribution >= 4 is 17.6 Å². The number of hydrogen-bond donors (Lipinski definition) is 1. The molecule has 2 aromatic rings. The fourth-order valence-electron chi connectivity index (χ4n) is 3.56. The second-order valence-electron chi connectivity index (χ2n) is 7.24. The number of aryl methyl sites for hydroxylation is 2. The van der Waals surface area contributed by atoms with E-state index in [0.717, 1.165) is 24.5 Å². The minimum absolute atomic E-state index is 0.0297. The van der Waals surface area contributed by atoms with E-state index in [-0.39, 0.29) is 24.0 Å². The lowest BCUT2D eigenvalue weighted by molar-refractivity contribution is -0.385. The Morgan fingerprint density at radius 1 is 1.13 bits per heavy atom. The van der Waals surface area contributed by atoms with Crippen LogP contribution in [0.3, 0.4) is 0 Å². The molecule has 8 nitrogen and oxygen atoms in total. The van der Waals surface area contributed by atoms with Crippen LogP contribution in [0.25, 0.3) is 0 Å². The Kier molecular flexibility index (Phi) is 6.66. The van der Waals surface area contributed by atoms with E-state index in [1.54, 1.807) is 0 Å². The Labute approximate surface area is 174 Å². The van der Waals surface area contributed by atoms with Crippen LogP contribution in [0, 0.1) is 10.1 Å². The molecule has 0 fully saturated rings. The molecule has 3 rings (SSSR count). The summed E-state index contributed by atoms with van der Waals surface area (Å²) in [7, 11) is 1.19. The van der Waals surface area contributed by atoms with E-state index in [4.69, 9.17) is 4.74 Å². The van der Waals surface area contributed by atoms with Crippen molar-refractivity contribution < 1.29 is 24.0 Å². The van der Waals surface area contributed by atoms with Gasteiger partial charge in [0.05, 0.1) is 23.6 Å². The topological polar surface area (TPSA) is 108 Å². The quantitative estimate of drug-likeness (QED) is 0.424. The van der Waals surface area contributed by atoms with Crippen LogP contribution in [0.2, 0.25) is 0 Å². The van der Waals surface area contributed by atoms with Crippen LogP contribution in [-0.2, 0) is 22.4 Å². The van der Waals surface area contributed by atoms with E-state index in [2.05, 4.69) is 22.2 Å². The molecule has 8 heteroatoms. The van der Waals surface area contributed by atoms with E-state index in [1.165, 1.54) is 43.2 Å². The zero-order valence-corrected chi connectivity index (χ0v) is 17.0. The summed E-state index contributed by atoms with van der Waals surface area (Å²) in [5.74, 6) is -1.18.